The van der Waals surface area contributed by atoms with Crippen LogP contribution in [-0.4, -0.2) is 42.8 Å². The summed E-state index contributed by atoms with van der Waals surface area (Å²) in [5.41, 5.74) is 5.06. The largest absolute Gasteiger partial charge is 0.370 e. The van der Waals surface area contributed by atoms with Gasteiger partial charge in [-0.05, 0) is 5.92 Å². The van der Waals surface area contributed by atoms with E-state index in [0.29, 0.717) is 6.42 Å². The van der Waals surface area contributed by atoms with Crippen LogP contribution < -0.4 is 21.7 Å². The summed E-state index contributed by atoms with van der Waals surface area (Å²) in [4.78, 5) is 46.0. The molecule has 21 heavy (non-hydrogen) atoms. The molecule has 0 fully saturated rings. The van der Waals surface area contributed by atoms with Gasteiger partial charge in [-0.1, -0.05) is 20.3 Å². The molecule has 0 rings (SSSR count). The molecular formula is C13H24N4O4. The number of amides is 4. The van der Waals surface area contributed by atoms with Crippen LogP contribution in [0.5, 0.6) is 0 Å². The zero-order valence-electron chi connectivity index (χ0n) is 12.9. The molecule has 3 atom stereocenters. The average Bonchev–Trinajstić information content (AvgIpc) is 2.41. The maximum atomic E-state index is 12.2. The SMILES string of the molecule is CC[C@H](C)[C@H](NC(=O)[C@H](CC(N)=O)NC(C)=O)C(=O)NC. The Hall–Kier alpha value is -2.12. The molecule has 0 aliphatic rings. The Labute approximate surface area is 124 Å². The van der Waals surface area contributed by atoms with Gasteiger partial charge in [0.15, 0.2) is 0 Å². The van der Waals surface area contributed by atoms with E-state index in [-0.39, 0.29) is 18.2 Å². The highest BCUT2D eigenvalue weighted by molar-refractivity contribution is 5.94. The first-order chi connectivity index (χ1) is 9.72. The molecule has 0 heterocycles. The maximum absolute atomic E-state index is 12.2. The molecule has 0 unspecified atom stereocenters. The van der Waals surface area contributed by atoms with Crippen LogP contribution in [0, 0.1) is 5.92 Å². The molecule has 8 heteroatoms. The Morgan fingerprint density at radius 2 is 1.67 bits per heavy atom. The normalized spacial score (nSPS) is 14.5. The number of carbonyl (C=O) groups excluding carboxylic acids is 4. The average molecular weight is 300 g/mol. The van der Waals surface area contributed by atoms with Gasteiger partial charge in [0.25, 0.3) is 0 Å². The third-order valence-corrected chi connectivity index (χ3v) is 3.14. The smallest absolute Gasteiger partial charge is 0.243 e. The molecule has 0 aromatic heterocycles. The van der Waals surface area contributed by atoms with Crippen molar-refractivity contribution in [1.29, 1.82) is 0 Å². The van der Waals surface area contributed by atoms with Crippen molar-refractivity contribution in [2.24, 2.45) is 11.7 Å². The first-order valence-corrected chi connectivity index (χ1v) is 6.80. The highest BCUT2D eigenvalue weighted by atomic mass is 16.2. The van der Waals surface area contributed by atoms with E-state index in [1.165, 1.54) is 14.0 Å². The minimum atomic E-state index is -1.09. The fourth-order valence-electron chi connectivity index (χ4n) is 1.77. The summed E-state index contributed by atoms with van der Waals surface area (Å²) >= 11 is 0. The highest BCUT2D eigenvalue weighted by Gasteiger charge is 2.29. The van der Waals surface area contributed by atoms with Crippen molar-refractivity contribution in [2.75, 3.05) is 7.05 Å². The number of hydrogen-bond acceptors (Lipinski definition) is 4. The number of nitrogens with two attached hydrogens (primary N) is 1. The molecule has 0 bridgehead atoms. The van der Waals surface area contributed by atoms with E-state index in [2.05, 4.69) is 16.0 Å². The van der Waals surface area contributed by atoms with Gasteiger partial charge in [-0.3, -0.25) is 19.2 Å². The van der Waals surface area contributed by atoms with Crippen molar-refractivity contribution in [2.45, 2.75) is 45.7 Å². The number of primary amides is 1. The molecular weight excluding hydrogens is 276 g/mol. The predicted molar refractivity (Wildman–Crippen MR) is 76.9 cm³/mol. The standard InChI is InChI=1S/C13H24N4O4/c1-5-7(2)11(13(21)15-4)17-12(20)9(6-10(14)19)16-8(3)18/h7,9,11H,5-6H2,1-4H3,(H2,14,19)(H,15,21)(H,16,18)(H,17,20)/t7-,9-,11-/m0/s1. The number of nitrogens with one attached hydrogen (secondary N) is 3. The lowest BCUT2D eigenvalue weighted by molar-refractivity contribution is -0.133. The summed E-state index contributed by atoms with van der Waals surface area (Å²) in [6.45, 7) is 4.94. The monoisotopic (exact) mass is 300 g/mol. The molecule has 5 N–H and O–H groups in total. The van der Waals surface area contributed by atoms with E-state index < -0.39 is 29.8 Å². The Balaban J connectivity index is 5.00. The van der Waals surface area contributed by atoms with Crippen molar-refractivity contribution in [3.8, 4) is 0 Å². The summed E-state index contributed by atoms with van der Waals surface area (Å²) in [6.07, 6.45) is 0.353. The van der Waals surface area contributed by atoms with Gasteiger partial charge in [0.2, 0.25) is 23.6 Å². The number of likely N-dealkylation sites (N-methyl/N-ethyl adjacent to an activating group) is 1. The molecule has 8 nitrogen and oxygen atoms in total. The van der Waals surface area contributed by atoms with Crippen molar-refractivity contribution in [3.05, 3.63) is 0 Å². The van der Waals surface area contributed by atoms with E-state index in [4.69, 9.17) is 5.73 Å². The summed E-state index contributed by atoms with van der Waals surface area (Å²) in [5.74, 6) is -2.22. The van der Waals surface area contributed by atoms with Gasteiger partial charge in [-0.25, -0.2) is 0 Å². The second-order valence-corrected chi connectivity index (χ2v) is 4.91. The molecule has 0 saturated carbocycles. The van der Waals surface area contributed by atoms with E-state index in [9.17, 15) is 19.2 Å². The minimum Gasteiger partial charge on any atom is -0.370 e. The molecule has 0 aromatic rings. The van der Waals surface area contributed by atoms with Crippen LogP contribution in [0.15, 0.2) is 0 Å². The molecule has 0 aliphatic carbocycles. The summed E-state index contributed by atoms with van der Waals surface area (Å²) in [7, 11) is 1.47. The summed E-state index contributed by atoms with van der Waals surface area (Å²) in [5, 5.41) is 7.38. The molecule has 0 aliphatic heterocycles. The van der Waals surface area contributed by atoms with Crippen LogP contribution in [0.25, 0.3) is 0 Å². The second-order valence-electron chi connectivity index (χ2n) is 4.91. The molecule has 4 amide bonds. The third kappa shape index (κ3) is 6.73. The summed E-state index contributed by atoms with van der Waals surface area (Å²) < 4.78 is 0. The van der Waals surface area contributed by atoms with Gasteiger partial charge >= 0.3 is 0 Å². The molecule has 0 aromatic carbocycles. The lowest BCUT2D eigenvalue weighted by Gasteiger charge is -2.25. The number of hydrogen-bond donors (Lipinski definition) is 4. The Bertz CT molecular complexity index is 395. The van der Waals surface area contributed by atoms with Gasteiger partial charge in [-0.2, -0.15) is 0 Å². The molecule has 0 spiro atoms. The van der Waals surface area contributed by atoms with Gasteiger partial charge < -0.3 is 21.7 Å². The van der Waals surface area contributed by atoms with Crippen molar-refractivity contribution >= 4 is 23.6 Å². The topological polar surface area (TPSA) is 130 Å². The van der Waals surface area contributed by atoms with E-state index >= 15 is 0 Å². The van der Waals surface area contributed by atoms with Gasteiger partial charge in [0, 0.05) is 14.0 Å². The zero-order valence-corrected chi connectivity index (χ0v) is 12.9. The lowest BCUT2D eigenvalue weighted by atomic mass is 9.97. The van der Waals surface area contributed by atoms with Crippen LogP contribution in [0.4, 0.5) is 0 Å². The lowest BCUT2D eigenvalue weighted by Crippen LogP contribution is -2.55. The minimum absolute atomic E-state index is 0.0968. The van der Waals surface area contributed by atoms with Crippen LogP contribution >= 0.6 is 0 Å². The zero-order chi connectivity index (χ0) is 16.6. The third-order valence-electron chi connectivity index (χ3n) is 3.14. The van der Waals surface area contributed by atoms with Crippen LogP contribution in [0.1, 0.15) is 33.6 Å². The molecule has 0 saturated heterocycles. The first kappa shape index (κ1) is 18.9. The molecule has 120 valence electrons. The van der Waals surface area contributed by atoms with E-state index in [0.717, 1.165) is 0 Å². The van der Waals surface area contributed by atoms with Crippen molar-refractivity contribution in [3.63, 3.8) is 0 Å². The number of rotatable bonds is 8. The van der Waals surface area contributed by atoms with Crippen molar-refractivity contribution in [1.82, 2.24) is 16.0 Å². The van der Waals surface area contributed by atoms with Crippen LogP contribution in [0.2, 0.25) is 0 Å². The highest BCUT2D eigenvalue weighted by Crippen LogP contribution is 2.08. The first-order valence-electron chi connectivity index (χ1n) is 6.80. The fraction of sp³-hybridized carbons (Fsp3) is 0.692. The Morgan fingerprint density at radius 3 is 2.05 bits per heavy atom. The van der Waals surface area contributed by atoms with Gasteiger partial charge in [-0.15, -0.1) is 0 Å². The van der Waals surface area contributed by atoms with E-state index in [1.807, 2.05) is 13.8 Å². The van der Waals surface area contributed by atoms with Crippen LogP contribution in [0.3, 0.4) is 0 Å². The number of carbonyl (C=O) groups is 4. The maximum Gasteiger partial charge on any atom is 0.243 e. The predicted octanol–water partition coefficient (Wildman–Crippen LogP) is -1.36. The Kier molecular flexibility index (Phi) is 8.03. The van der Waals surface area contributed by atoms with Crippen LogP contribution in [-0.2, 0) is 19.2 Å². The van der Waals surface area contributed by atoms with Gasteiger partial charge in [0.05, 0.1) is 6.42 Å². The fourth-order valence-corrected chi connectivity index (χ4v) is 1.77. The van der Waals surface area contributed by atoms with Crippen molar-refractivity contribution < 1.29 is 19.2 Å². The van der Waals surface area contributed by atoms with E-state index in [1.54, 1.807) is 0 Å². The van der Waals surface area contributed by atoms with Gasteiger partial charge in [0.1, 0.15) is 12.1 Å². The quantitative estimate of drug-likeness (QED) is 0.441. The molecule has 0 radical (unpaired) electrons. The Morgan fingerprint density at radius 1 is 1.10 bits per heavy atom. The second kappa shape index (κ2) is 8.93. The summed E-state index contributed by atoms with van der Waals surface area (Å²) in [6, 6.07) is -1.83.